The Kier molecular flexibility index (Phi) is 4.07. The van der Waals surface area contributed by atoms with Gasteiger partial charge in [0, 0.05) is 17.3 Å². The molecule has 1 amide bonds. The molecule has 0 aromatic heterocycles. The Hall–Kier alpha value is -2.63. The smallest absolute Gasteiger partial charge is 0.251 e. The highest BCUT2D eigenvalue weighted by Crippen LogP contribution is 2.28. The highest BCUT2D eigenvalue weighted by atomic mass is 19.1. The fourth-order valence-electron chi connectivity index (χ4n) is 2.01. The van der Waals surface area contributed by atoms with E-state index in [4.69, 9.17) is 5.73 Å². The minimum absolute atomic E-state index is 0.188. The molecule has 0 heterocycles. The van der Waals surface area contributed by atoms with Gasteiger partial charge in [0.2, 0.25) is 0 Å². The number of hydrogen-bond donors (Lipinski definition) is 3. The van der Waals surface area contributed by atoms with Crippen LogP contribution in [0.3, 0.4) is 0 Å². The SMILES string of the molecule is CC(Nc1ccc(F)c(C(N)=O)c1)c1ccc(F)cc1O. The van der Waals surface area contributed by atoms with Gasteiger partial charge in [0.25, 0.3) is 5.91 Å². The van der Waals surface area contributed by atoms with Gasteiger partial charge in [-0.1, -0.05) is 6.07 Å². The normalized spacial score (nSPS) is 12.0. The number of phenolic OH excluding ortho intramolecular Hbond substituents is 1. The highest BCUT2D eigenvalue weighted by molar-refractivity contribution is 5.94. The number of benzene rings is 2. The lowest BCUT2D eigenvalue weighted by Crippen LogP contribution is -2.14. The van der Waals surface area contributed by atoms with Crippen molar-refractivity contribution in [2.75, 3.05) is 5.32 Å². The third kappa shape index (κ3) is 3.28. The third-order valence-electron chi connectivity index (χ3n) is 3.07. The predicted molar refractivity (Wildman–Crippen MR) is 75.0 cm³/mol. The van der Waals surface area contributed by atoms with Crippen molar-refractivity contribution >= 4 is 11.6 Å². The molecule has 0 saturated carbocycles. The zero-order valence-corrected chi connectivity index (χ0v) is 11.2. The molecule has 0 aliphatic heterocycles. The fourth-order valence-corrected chi connectivity index (χ4v) is 2.01. The van der Waals surface area contributed by atoms with Gasteiger partial charge in [0.15, 0.2) is 0 Å². The van der Waals surface area contributed by atoms with E-state index in [9.17, 15) is 18.7 Å². The summed E-state index contributed by atoms with van der Waals surface area (Å²) in [5.74, 6) is -2.30. The van der Waals surface area contributed by atoms with Gasteiger partial charge < -0.3 is 16.2 Å². The van der Waals surface area contributed by atoms with Crippen LogP contribution in [0.4, 0.5) is 14.5 Å². The van der Waals surface area contributed by atoms with Crippen molar-refractivity contribution in [3.05, 3.63) is 59.2 Å². The van der Waals surface area contributed by atoms with Crippen LogP contribution in [0.25, 0.3) is 0 Å². The molecule has 0 bridgehead atoms. The monoisotopic (exact) mass is 292 g/mol. The molecule has 1 unspecified atom stereocenters. The number of phenols is 1. The number of aromatic hydroxyl groups is 1. The maximum Gasteiger partial charge on any atom is 0.251 e. The molecule has 0 aliphatic rings. The van der Waals surface area contributed by atoms with E-state index >= 15 is 0 Å². The first-order valence-corrected chi connectivity index (χ1v) is 6.23. The first-order valence-electron chi connectivity index (χ1n) is 6.23. The number of primary amides is 1. The Labute approximate surface area is 120 Å². The van der Waals surface area contributed by atoms with Gasteiger partial charge in [-0.25, -0.2) is 8.78 Å². The summed E-state index contributed by atoms with van der Waals surface area (Å²) < 4.78 is 26.3. The molecular weight excluding hydrogens is 278 g/mol. The van der Waals surface area contributed by atoms with Crippen molar-refractivity contribution in [1.82, 2.24) is 0 Å². The standard InChI is InChI=1S/C15H14F2N2O2/c1-8(11-4-2-9(16)6-14(11)20)19-10-3-5-13(17)12(7-10)15(18)21/h2-8,19-20H,1H3,(H2,18,21). The second kappa shape index (κ2) is 5.78. The summed E-state index contributed by atoms with van der Waals surface area (Å²) in [7, 11) is 0. The van der Waals surface area contributed by atoms with Gasteiger partial charge in [-0.3, -0.25) is 4.79 Å². The largest absolute Gasteiger partial charge is 0.507 e. The number of amides is 1. The van der Waals surface area contributed by atoms with Crippen LogP contribution in [-0.2, 0) is 0 Å². The van der Waals surface area contributed by atoms with Gasteiger partial charge in [-0.15, -0.1) is 0 Å². The number of carbonyl (C=O) groups excluding carboxylic acids is 1. The zero-order valence-electron chi connectivity index (χ0n) is 11.2. The molecule has 0 aliphatic carbocycles. The van der Waals surface area contributed by atoms with Crippen LogP contribution in [0.2, 0.25) is 0 Å². The number of rotatable bonds is 4. The average Bonchev–Trinajstić information content (AvgIpc) is 2.40. The molecule has 6 heteroatoms. The predicted octanol–water partition coefficient (Wildman–Crippen LogP) is 2.94. The van der Waals surface area contributed by atoms with Crippen molar-refractivity contribution in [1.29, 1.82) is 0 Å². The molecule has 0 fully saturated rings. The molecule has 2 rings (SSSR count). The molecule has 1 atom stereocenters. The number of anilines is 1. The van der Waals surface area contributed by atoms with E-state index < -0.39 is 17.5 Å². The van der Waals surface area contributed by atoms with Crippen LogP contribution in [-0.4, -0.2) is 11.0 Å². The Morgan fingerprint density at radius 3 is 2.57 bits per heavy atom. The first kappa shape index (κ1) is 14.8. The lowest BCUT2D eigenvalue weighted by molar-refractivity contribution is 0.0996. The Morgan fingerprint density at radius 1 is 1.24 bits per heavy atom. The first-order chi connectivity index (χ1) is 9.88. The maximum absolute atomic E-state index is 13.4. The van der Waals surface area contributed by atoms with E-state index in [1.54, 1.807) is 6.92 Å². The third-order valence-corrected chi connectivity index (χ3v) is 3.07. The van der Waals surface area contributed by atoms with E-state index in [0.29, 0.717) is 11.3 Å². The molecule has 2 aromatic carbocycles. The van der Waals surface area contributed by atoms with Gasteiger partial charge in [-0.05, 0) is 31.2 Å². The summed E-state index contributed by atoms with van der Waals surface area (Å²) >= 11 is 0. The minimum Gasteiger partial charge on any atom is -0.507 e. The van der Waals surface area contributed by atoms with Crippen LogP contribution in [0.5, 0.6) is 5.75 Å². The number of nitrogens with one attached hydrogen (secondary N) is 1. The van der Waals surface area contributed by atoms with Gasteiger partial charge in [0.05, 0.1) is 11.6 Å². The molecule has 4 nitrogen and oxygen atoms in total. The number of carbonyl (C=O) groups is 1. The van der Waals surface area contributed by atoms with Crippen molar-refractivity contribution in [2.45, 2.75) is 13.0 Å². The summed E-state index contributed by atoms with van der Waals surface area (Å²) in [6.07, 6.45) is 0. The summed E-state index contributed by atoms with van der Waals surface area (Å²) in [5, 5.41) is 12.7. The van der Waals surface area contributed by atoms with Crippen molar-refractivity contribution in [2.24, 2.45) is 5.73 Å². The van der Waals surface area contributed by atoms with E-state index in [1.165, 1.54) is 24.3 Å². The lowest BCUT2D eigenvalue weighted by atomic mass is 10.1. The number of halogens is 2. The second-order valence-corrected chi connectivity index (χ2v) is 4.63. The lowest BCUT2D eigenvalue weighted by Gasteiger charge is -2.17. The summed E-state index contributed by atoms with van der Waals surface area (Å²) in [6.45, 7) is 1.74. The molecule has 2 aromatic rings. The topological polar surface area (TPSA) is 75.3 Å². The molecule has 4 N–H and O–H groups in total. The van der Waals surface area contributed by atoms with Crippen LogP contribution in [0, 0.1) is 11.6 Å². The molecular formula is C15H14F2N2O2. The summed E-state index contributed by atoms with van der Waals surface area (Å²) in [6, 6.07) is 7.16. The minimum atomic E-state index is -0.867. The zero-order chi connectivity index (χ0) is 15.6. The van der Waals surface area contributed by atoms with E-state index in [2.05, 4.69) is 5.32 Å². The quantitative estimate of drug-likeness (QED) is 0.811. The van der Waals surface area contributed by atoms with Crippen LogP contribution >= 0.6 is 0 Å². The van der Waals surface area contributed by atoms with Crippen LogP contribution < -0.4 is 11.1 Å². The molecule has 21 heavy (non-hydrogen) atoms. The Morgan fingerprint density at radius 2 is 1.95 bits per heavy atom. The van der Waals surface area contributed by atoms with Gasteiger partial charge >= 0.3 is 0 Å². The van der Waals surface area contributed by atoms with E-state index in [-0.39, 0.29) is 17.4 Å². The molecule has 110 valence electrons. The van der Waals surface area contributed by atoms with Crippen molar-refractivity contribution < 1.29 is 18.7 Å². The molecule has 0 saturated heterocycles. The maximum atomic E-state index is 13.4. The number of nitrogens with two attached hydrogens (primary N) is 1. The Balaban J connectivity index is 2.25. The van der Waals surface area contributed by atoms with Crippen molar-refractivity contribution in [3.8, 4) is 5.75 Å². The van der Waals surface area contributed by atoms with Gasteiger partial charge in [-0.2, -0.15) is 0 Å². The second-order valence-electron chi connectivity index (χ2n) is 4.63. The van der Waals surface area contributed by atoms with Gasteiger partial charge in [0.1, 0.15) is 17.4 Å². The fraction of sp³-hybridized carbons (Fsp3) is 0.133. The Bertz CT molecular complexity index is 689. The number of hydrogen-bond acceptors (Lipinski definition) is 3. The summed E-state index contributed by atoms with van der Waals surface area (Å²) in [5.41, 5.74) is 5.78. The van der Waals surface area contributed by atoms with E-state index in [1.807, 2.05) is 0 Å². The molecule has 0 radical (unpaired) electrons. The van der Waals surface area contributed by atoms with Crippen LogP contribution in [0.15, 0.2) is 36.4 Å². The van der Waals surface area contributed by atoms with Crippen LogP contribution in [0.1, 0.15) is 28.9 Å². The summed E-state index contributed by atoms with van der Waals surface area (Å²) in [4.78, 5) is 11.1. The van der Waals surface area contributed by atoms with E-state index in [0.717, 1.165) is 12.1 Å². The molecule has 0 spiro atoms. The highest BCUT2D eigenvalue weighted by Gasteiger charge is 2.13. The average molecular weight is 292 g/mol. The van der Waals surface area contributed by atoms with Crippen molar-refractivity contribution in [3.63, 3.8) is 0 Å².